The van der Waals surface area contributed by atoms with E-state index in [1.54, 1.807) is 0 Å². The van der Waals surface area contributed by atoms with Gasteiger partial charge in [0, 0.05) is 17.8 Å². The van der Waals surface area contributed by atoms with Crippen LogP contribution in [0.3, 0.4) is 0 Å². The topological polar surface area (TPSA) is 12.9 Å². The molecule has 0 fully saturated rings. The van der Waals surface area contributed by atoms with Gasteiger partial charge in [-0.2, -0.15) is 0 Å². The van der Waals surface area contributed by atoms with E-state index in [0.29, 0.717) is 0 Å². The van der Waals surface area contributed by atoms with Crippen molar-refractivity contribution in [2.24, 2.45) is 0 Å². The van der Waals surface area contributed by atoms with Crippen molar-refractivity contribution in [1.82, 2.24) is 4.98 Å². The van der Waals surface area contributed by atoms with E-state index in [4.69, 9.17) is 0 Å². The zero-order chi connectivity index (χ0) is 14.8. The number of hydrogen-bond acceptors (Lipinski definition) is 1. The number of pyridine rings is 1. The van der Waals surface area contributed by atoms with Gasteiger partial charge in [0.15, 0.2) is 0 Å². The first-order chi connectivity index (χ1) is 10.9. The third kappa shape index (κ3) is 2.27. The molecule has 1 heterocycles. The van der Waals surface area contributed by atoms with Crippen LogP contribution in [0.1, 0.15) is 0 Å². The molecule has 0 bridgehead atoms. The van der Waals surface area contributed by atoms with Crippen LogP contribution >= 0.6 is 0 Å². The summed E-state index contributed by atoms with van der Waals surface area (Å²) >= 11 is 0. The summed E-state index contributed by atoms with van der Waals surface area (Å²) in [6.45, 7) is 0. The molecule has 0 amide bonds. The second-order valence-electron chi connectivity index (χ2n) is 5.35. The Morgan fingerprint density at radius 1 is 0.591 bits per heavy atom. The molecule has 0 saturated heterocycles. The molecule has 0 aliphatic carbocycles. The van der Waals surface area contributed by atoms with Crippen molar-refractivity contribution in [3.8, 4) is 22.3 Å². The fourth-order valence-corrected chi connectivity index (χ4v) is 2.85. The van der Waals surface area contributed by atoms with Crippen LogP contribution in [-0.4, -0.2) is 4.98 Å². The van der Waals surface area contributed by atoms with E-state index in [-0.39, 0.29) is 0 Å². The van der Waals surface area contributed by atoms with Crippen LogP contribution in [0.2, 0.25) is 0 Å². The SMILES string of the molecule is c1ccc(-c2cc(-c3ccccc3)c3cnccc3c2)cc1. The fraction of sp³-hybridized carbons (Fsp3) is 0. The van der Waals surface area contributed by atoms with E-state index in [2.05, 4.69) is 71.7 Å². The maximum atomic E-state index is 4.30. The lowest BCUT2D eigenvalue weighted by molar-refractivity contribution is 1.36. The summed E-state index contributed by atoms with van der Waals surface area (Å²) in [6, 6.07) is 27.6. The lowest BCUT2D eigenvalue weighted by atomic mass is 9.94. The Balaban J connectivity index is 2.02. The van der Waals surface area contributed by atoms with E-state index >= 15 is 0 Å². The van der Waals surface area contributed by atoms with Crippen molar-refractivity contribution >= 4 is 10.8 Å². The number of hydrogen-bond donors (Lipinski definition) is 0. The van der Waals surface area contributed by atoms with Crippen molar-refractivity contribution in [2.75, 3.05) is 0 Å². The Bertz CT molecular complexity index is 912. The summed E-state index contributed by atoms with van der Waals surface area (Å²) in [6.07, 6.45) is 3.80. The Labute approximate surface area is 129 Å². The van der Waals surface area contributed by atoms with Gasteiger partial charge < -0.3 is 0 Å². The van der Waals surface area contributed by atoms with Crippen LogP contribution < -0.4 is 0 Å². The van der Waals surface area contributed by atoms with Gasteiger partial charge >= 0.3 is 0 Å². The number of nitrogens with zero attached hydrogens (tertiary/aromatic N) is 1. The molecule has 22 heavy (non-hydrogen) atoms. The maximum Gasteiger partial charge on any atom is 0.0352 e. The van der Waals surface area contributed by atoms with E-state index < -0.39 is 0 Å². The van der Waals surface area contributed by atoms with Crippen molar-refractivity contribution in [3.63, 3.8) is 0 Å². The van der Waals surface area contributed by atoms with Crippen LogP contribution in [-0.2, 0) is 0 Å². The van der Waals surface area contributed by atoms with Crippen LogP contribution in [0.15, 0.2) is 91.3 Å². The molecule has 3 aromatic carbocycles. The summed E-state index contributed by atoms with van der Waals surface area (Å²) in [4.78, 5) is 4.30. The molecule has 4 aromatic rings. The molecule has 0 aliphatic heterocycles. The van der Waals surface area contributed by atoms with Gasteiger partial charge in [-0.3, -0.25) is 4.98 Å². The highest BCUT2D eigenvalue weighted by Crippen LogP contribution is 2.33. The molecule has 0 radical (unpaired) electrons. The minimum absolute atomic E-state index is 1.19. The first-order valence-electron chi connectivity index (χ1n) is 7.40. The monoisotopic (exact) mass is 281 g/mol. The summed E-state index contributed by atoms with van der Waals surface area (Å²) in [5.74, 6) is 0. The lowest BCUT2D eigenvalue weighted by Gasteiger charge is -2.10. The van der Waals surface area contributed by atoms with Crippen molar-refractivity contribution < 1.29 is 0 Å². The summed E-state index contributed by atoms with van der Waals surface area (Å²) in [7, 11) is 0. The molecule has 104 valence electrons. The number of rotatable bonds is 2. The van der Waals surface area contributed by atoms with E-state index in [1.807, 2.05) is 24.5 Å². The molecule has 0 spiro atoms. The van der Waals surface area contributed by atoms with Crippen molar-refractivity contribution in [2.45, 2.75) is 0 Å². The number of benzene rings is 3. The highest BCUT2D eigenvalue weighted by molar-refractivity contribution is 5.99. The fourth-order valence-electron chi connectivity index (χ4n) is 2.85. The highest BCUT2D eigenvalue weighted by Gasteiger charge is 2.07. The Hall–Kier alpha value is -2.93. The molecular weight excluding hydrogens is 266 g/mol. The second-order valence-corrected chi connectivity index (χ2v) is 5.35. The number of aromatic nitrogens is 1. The molecule has 1 aromatic heterocycles. The van der Waals surface area contributed by atoms with Gasteiger partial charge in [-0.05, 0) is 45.8 Å². The maximum absolute atomic E-state index is 4.30. The van der Waals surface area contributed by atoms with Gasteiger partial charge in [-0.25, -0.2) is 0 Å². The van der Waals surface area contributed by atoms with E-state index in [1.165, 1.54) is 33.0 Å². The Kier molecular flexibility index (Phi) is 3.17. The third-order valence-electron chi connectivity index (χ3n) is 3.95. The van der Waals surface area contributed by atoms with E-state index in [9.17, 15) is 0 Å². The quantitative estimate of drug-likeness (QED) is 0.468. The van der Waals surface area contributed by atoms with Gasteiger partial charge in [0.05, 0.1) is 0 Å². The molecule has 1 heteroatoms. The van der Waals surface area contributed by atoms with Gasteiger partial charge in [-0.1, -0.05) is 60.7 Å². The van der Waals surface area contributed by atoms with Gasteiger partial charge in [0.25, 0.3) is 0 Å². The van der Waals surface area contributed by atoms with Crippen LogP contribution in [0, 0.1) is 0 Å². The predicted octanol–water partition coefficient (Wildman–Crippen LogP) is 5.57. The zero-order valence-corrected chi connectivity index (χ0v) is 12.1. The Morgan fingerprint density at radius 3 is 2.00 bits per heavy atom. The van der Waals surface area contributed by atoms with Gasteiger partial charge in [0.1, 0.15) is 0 Å². The average molecular weight is 281 g/mol. The van der Waals surface area contributed by atoms with Crippen LogP contribution in [0.25, 0.3) is 33.0 Å². The minimum Gasteiger partial charge on any atom is -0.264 e. The molecule has 0 atom stereocenters. The first kappa shape index (κ1) is 12.8. The first-order valence-corrected chi connectivity index (χ1v) is 7.40. The summed E-state index contributed by atoms with van der Waals surface area (Å²) in [5, 5.41) is 2.41. The summed E-state index contributed by atoms with van der Waals surface area (Å²) in [5.41, 5.74) is 4.92. The normalized spacial score (nSPS) is 10.7. The van der Waals surface area contributed by atoms with Crippen LogP contribution in [0.5, 0.6) is 0 Å². The minimum atomic E-state index is 1.19. The molecular formula is C21H15N. The smallest absolute Gasteiger partial charge is 0.0352 e. The lowest BCUT2D eigenvalue weighted by Crippen LogP contribution is -1.86. The van der Waals surface area contributed by atoms with Crippen LogP contribution in [0.4, 0.5) is 0 Å². The van der Waals surface area contributed by atoms with Gasteiger partial charge in [0.2, 0.25) is 0 Å². The molecule has 0 N–H and O–H groups in total. The largest absolute Gasteiger partial charge is 0.264 e. The summed E-state index contributed by atoms with van der Waals surface area (Å²) < 4.78 is 0. The average Bonchev–Trinajstić information content (AvgIpc) is 2.62. The molecule has 0 saturated carbocycles. The highest BCUT2D eigenvalue weighted by atomic mass is 14.6. The molecule has 0 unspecified atom stereocenters. The number of fused-ring (bicyclic) bond motifs is 1. The molecule has 0 aliphatic rings. The Morgan fingerprint density at radius 2 is 1.27 bits per heavy atom. The van der Waals surface area contributed by atoms with E-state index in [0.717, 1.165) is 0 Å². The molecule has 4 rings (SSSR count). The second kappa shape index (κ2) is 5.45. The third-order valence-corrected chi connectivity index (χ3v) is 3.95. The predicted molar refractivity (Wildman–Crippen MR) is 92.6 cm³/mol. The molecule has 1 nitrogen and oxygen atoms in total. The zero-order valence-electron chi connectivity index (χ0n) is 12.1. The van der Waals surface area contributed by atoms with Crippen molar-refractivity contribution in [3.05, 3.63) is 91.3 Å². The standard InChI is InChI=1S/C21H15N/c1-3-7-16(8-4-1)19-13-18-11-12-22-15-21(18)20(14-19)17-9-5-2-6-10-17/h1-15H. The van der Waals surface area contributed by atoms with Crippen molar-refractivity contribution in [1.29, 1.82) is 0 Å². The van der Waals surface area contributed by atoms with Gasteiger partial charge in [-0.15, -0.1) is 0 Å².